The minimum Gasteiger partial charge on any atom is -0.462 e. The molecule has 0 saturated heterocycles. The molecule has 0 N–H and O–H groups in total. The molecule has 0 unspecified atom stereocenters. The summed E-state index contributed by atoms with van der Waals surface area (Å²) >= 11 is 0. The maximum atomic E-state index is 11.7. The molecular weight excluding hydrogens is 256 g/mol. The molecule has 114 valence electrons. The first-order chi connectivity index (χ1) is 9.52. The quantitative estimate of drug-likeness (QED) is 0.162. The van der Waals surface area contributed by atoms with Crippen LogP contribution in [0.2, 0.25) is 0 Å². The van der Waals surface area contributed by atoms with Crippen molar-refractivity contribution in [1.29, 1.82) is 0 Å². The van der Waals surface area contributed by atoms with Crippen molar-refractivity contribution >= 4 is 11.9 Å². The highest BCUT2D eigenvalue weighted by Gasteiger charge is 2.20. The number of hydrogen-bond donors (Lipinski definition) is 0. The van der Waals surface area contributed by atoms with Crippen molar-refractivity contribution in [1.82, 2.24) is 0 Å². The fourth-order valence-electron chi connectivity index (χ4n) is 1.59. The van der Waals surface area contributed by atoms with Crippen LogP contribution < -0.4 is 0 Å². The number of rotatable bonds is 9. The highest BCUT2D eigenvalue weighted by Crippen LogP contribution is 2.09. The van der Waals surface area contributed by atoms with E-state index in [2.05, 4.69) is 19.9 Å². The second kappa shape index (κ2) is 11.3. The molecule has 0 fully saturated rings. The molecule has 4 nitrogen and oxygen atoms in total. The standard InChI is InChI=1S/C16H26O4/c1-5-19-15(17)14(16(18)20-6-2)12-10-8-7-9-11-13(3)4/h11-12H,5-10H2,1-4H3. The van der Waals surface area contributed by atoms with Gasteiger partial charge in [-0.05, 0) is 53.4 Å². The number of hydrogen-bond acceptors (Lipinski definition) is 4. The van der Waals surface area contributed by atoms with Crippen LogP contribution in [0.4, 0.5) is 0 Å². The van der Waals surface area contributed by atoms with Crippen LogP contribution in [-0.4, -0.2) is 25.2 Å². The van der Waals surface area contributed by atoms with Gasteiger partial charge in [0.25, 0.3) is 0 Å². The summed E-state index contributed by atoms with van der Waals surface area (Å²) in [5.74, 6) is -1.20. The van der Waals surface area contributed by atoms with Crippen molar-refractivity contribution in [3.8, 4) is 0 Å². The van der Waals surface area contributed by atoms with Crippen LogP contribution >= 0.6 is 0 Å². The maximum absolute atomic E-state index is 11.7. The smallest absolute Gasteiger partial charge is 0.345 e. The summed E-state index contributed by atoms with van der Waals surface area (Å²) < 4.78 is 9.73. The summed E-state index contributed by atoms with van der Waals surface area (Å²) in [4.78, 5) is 23.3. The third-order valence-corrected chi connectivity index (χ3v) is 2.55. The van der Waals surface area contributed by atoms with E-state index in [0.717, 1.165) is 19.3 Å². The van der Waals surface area contributed by atoms with E-state index in [1.54, 1.807) is 19.9 Å². The van der Waals surface area contributed by atoms with Gasteiger partial charge in [0.2, 0.25) is 0 Å². The largest absolute Gasteiger partial charge is 0.462 e. The zero-order valence-corrected chi connectivity index (χ0v) is 13.0. The fraction of sp³-hybridized carbons (Fsp3) is 0.625. The summed E-state index contributed by atoms with van der Waals surface area (Å²) in [6, 6.07) is 0. The summed E-state index contributed by atoms with van der Waals surface area (Å²) in [5.41, 5.74) is 1.31. The predicted molar refractivity (Wildman–Crippen MR) is 79.2 cm³/mol. The number of esters is 2. The van der Waals surface area contributed by atoms with E-state index in [9.17, 15) is 9.59 Å². The van der Waals surface area contributed by atoms with E-state index in [1.165, 1.54) is 5.57 Å². The second-order valence-electron chi connectivity index (χ2n) is 4.62. The third-order valence-electron chi connectivity index (χ3n) is 2.55. The monoisotopic (exact) mass is 282 g/mol. The molecule has 0 radical (unpaired) electrons. The van der Waals surface area contributed by atoms with Crippen molar-refractivity contribution in [3.63, 3.8) is 0 Å². The summed E-state index contributed by atoms with van der Waals surface area (Å²) in [7, 11) is 0. The summed E-state index contributed by atoms with van der Waals surface area (Å²) in [6.45, 7) is 8.05. The molecule has 0 aliphatic carbocycles. The molecular formula is C16H26O4. The average Bonchev–Trinajstić information content (AvgIpc) is 2.37. The molecule has 0 aliphatic heterocycles. The second-order valence-corrected chi connectivity index (χ2v) is 4.62. The molecule has 4 heteroatoms. The van der Waals surface area contributed by atoms with E-state index in [1.807, 2.05) is 0 Å². The van der Waals surface area contributed by atoms with E-state index in [0.29, 0.717) is 6.42 Å². The fourth-order valence-corrected chi connectivity index (χ4v) is 1.59. The molecule has 0 bridgehead atoms. The lowest BCUT2D eigenvalue weighted by molar-refractivity contribution is -0.146. The van der Waals surface area contributed by atoms with Crippen LogP contribution in [0, 0.1) is 0 Å². The van der Waals surface area contributed by atoms with Gasteiger partial charge in [0.1, 0.15) is 5.57 Å². The topological polar surface area (TPSA) is 52.6 Å². The SMILES string of the molecule is CCOC(=O)C(=CCCCCC=C(C)C)C(=O)OCC. The van der Waals surface area contributed by atoms with Gasteiger partial charge in [0, 0.05) is 0 Å². The van der Waals surface area contributed by atoms with Crippen molar-refractivity contribution in [2.45, 2.75) is 53.4 Å². The number of allylic oxidation sites excluding steroid dienone is 3. The lowest BCUT2D eigenvalue weighted by Gasteiger charge is -2.06. The zero-order chi connectivity index (χ0) is 15.4. The van der Waals surface area contributed by atoms with Gasteiger partial charge in [-0.1, -0.05) is 17.7 Å². The van der Waals surface area contributed by atoms with Crippen LogP contribution in [-0.2, 0) is 19.1 Å². The Morgan fingerprint density at radius 1 is 0.850 bits per heavy atom. The lowest BCUT2D eigenvalue weighted by atomic mass is 10.1. The number of carbonyl (C=O) groups is 2. The van der Waals surface area contributed by atoms with Crippen molar-refractivity contribution in [2.75, 3.05) is 13.2 Å². The van der Waals surface area contributed by atoms with Crippen molar-refractivity contribution < 1.29 is 19.1 Å². The number of ether oxygens (including phenoxy) is 2. The maximum Gasteiger partial charge on any atom is 0.345 e. The molecule has 0 aromatic carbocycles. The Labute approximate surface area is 121 Å². The molecule has 0 saturated carbocycles. The molecule has 0 rings (SSSR count). The van der Waals surface area contributed by atoms with Crippen LogP contribution in [0.5, 0.6) is 0 Å². The van der Waals surface area contributed by atoms with Gasteiger partial charge in [-0.25, -0.2) is 9.59 Å². The highest BCUT2D eigenvalue weighted by molar-refractivity contribution is 6.14. The van der Waals surface area contributed by atoms with Gasteiger partial charge in [0.05, 0.1) is 13.2 Å². The average molecular weight is 282 g/mol. The van der Waals surface area contributed by atoms with Gasteiger partial charge in [-0.15, -0.1) is 0 Å². The van der Waals surface area contributed by atoms with E-state index in [-0.39, 0.29) is 18.8 Å². The summed E-state index contributed by atoms with van der Waals surface area (Å²) in [6.07, 6.45) is 7.44. The Bertz CT molecular complexity index is 343. The van der Waals surface area contributed by atoms with E-state index in [4.69, 9.17) is 9.47 Å². The first kappa shape index (κ1) is 18.4. The Kier molecular flexibility index (Phi) is 10.4. The van der Waals surface area contributed by atoms with Gasteiger partial charge >= 0.3 is 11.9 Å². The summed E-state index contributed by atoms with van der Waals surface area (Å²) in [5, 5.41) is 0. The Morgan fingerprint density at radius 2 is 1.30 bits per heavy atom. The number of carbonyl (C=O) groups excluding carboxylic acids is 2. The Morgan fingerprint density at radius 3 is 1.70 bits per heavy atom. The van der Waals surface area contributed by atoms with Crippen molar-refractivity contribution in [3.05, 3.63) is 23.3 Å². The minimum absolute atomic E-state index is 0.0101. The minimum atomic E-state index is -0.602. The zero-order valence-electron chi connectivity index (χ0n) is 13.0. The lowest BCUT2D eigenvalue weighted by Crippen LogP contribution is -2.18. The van der Waals surface area contributed by atoms with Gasteiger partial charge in [-0.2, -0.15) is 0 Å². The molecule has 0 aromatic rings. The van der Waals surface area contributed by atoms with Crippen LogP contribution in [0.15, 0.2) is 23.3 Å². The van der Waals surface area contributed by atoms with Gasteiger partial charge < -0.3 is 9.47 Å². The third kappa shape index (κ3) is 8.51. The molecule has 0 atom stereocenters. The first-order valence-corrected chi connectivity index (χ1v) is 7.20. The molecule has 0 aromatic heterocycles. The first-order valence-electron chi connectivity index (χ1n) is 7.20. The number of unbranched alkanes of at least 4 members (excludes halogenated alkanes) is 3. The van der Waals surface area contributed by atoms with E-state index < -0.39 is 11.9 Å². The van der Waals surface area contributed by atoms with Gasteiger partial charge in [0.15, 0.2) is 0 Å². The van der Waals surface area contributed by atoms with Crippen LogP contribution in [0.25, 0.3) is 0 Å². The van der Waals surface area contributed by atoms with Gasteiger partial charge in [-0.3, -0.25) is 0 Å². The van der Waals surface area contributed by atoms with Crippen molar-refractivity contribution in [2.24, 2.45) is 0 Å². The molecule has 0 aliphatic rings. The predicted octanol–water partition coefficient (Wildman–Crippen LogP) is 3.57. The Balaban J connectivity index is 4.38. The van der Waals surface area contributed by atoms with Crippen LogP contribution in [0.1, 0.15) is 53.4 Å². The molecule has 0 amide bonds. The van der Waals surface area contributed by atoms with E-state index >= 15 is 0 Å². The molecule has 20 heavy (non-hydrogen) atoms. The molecule has 0 spiro atoms. The molecule has 0 heterocycles. The van der Waals surface area contributed by atoms with Crippen LogP contribution in [0.3, 0.4) is 0 Å². The highest BCUT2D eigenvalue weighted by atomic mass is 16.6. The Hall–Kier alpha value is -1.58. The normalized spacial score (nSPS) is 9.60.